The summed E-state index contributed by atoms with van der Waals surface area (Å²) < 4.78 is 0. The van der Waals surface area contributed by atoms with Gasteiger partial charge in [0.15, 0.2) is 0 Å². The molecule has 0 N–H and O–H groups in total. The molecule has 26 heavy (non-hydrogen) atoms. The number of rotatable bonds is 11. The fourth-order valence-electron chi connectivity index (χ4n) is 3.86. The van der Waals surface area contributed by atoms with Gasteiger partial charge in [0, 0.05) is 0 Å². The lowest BCUT2D eigenvalue weighted by Gasteiger charge is -2.09. The molecule has 0 aliphatic heterocycles. The predicted molar refractivity (Wildman–Crippen MR) is 116 cm³/mol. The normalized spacial score (nSPS) is 11.1. The Morgan fingerprint density at radius 2 is 0.808 bits per heavy atom. The molecule has 0 saturated carbocycles. The maximum atomic E-state index is 2.30. The number of aryl methyl sites for hydroxylation is 4. The van der Waals surface area contributed by atoms with Crippen molar-refractivity contribution >= 4 is 0 Å². The average Bonchev–Trinajstić information content (AvgIpc) is 2.63. The topological polar surface area (TPSA) is 0 Å². The summed E-state index contributed by atoms with van der Waals surface area (Å²) in [7, 11) is 0. The molecule has 0 heteroatoms. The molecule has 2 aromatic rings. The Labute approximate surface area is 162 Å². The van der Waals surface area contributed by atoms with Crippen molar-refractivity contribution in [2.45, 2.75) is 91.9 Å². The Balaban J connectivity index is 1.48. The maximum Gasteiger partial charge on any atom is -0.0276 e. The molecule has 0 unspecified atom stereocenters. The summed E-state index contributed by atoms with van der Waals surface area (Å²) in [5, 5.41) is 0. The van der Waals surface area contributed by atoms with Crippen LogP contribution < -0.4 is 0 Å². The molecule has 0 radical (unpaired) electrons. The second-order valence-electron chi connectivity index (χ2n) is 8.05. The molecule has 0 saturated heterocycles. The van der Waals surface area contributed by atoms with Gasteiger partial charge in [0.25, 0.3) is 0 Å². The highest BCUT2D eigenvalue weighted by molar-refractivity contribution is 5.33. The minimum atomic E-state index is 1.25. The summed E-state index contributed by atoms with van der Waals surface area (Å²) in [5.41, 5.74) is 8.97. The minimum absolute atomic E-state index is 1.25. The van der Waals surface area contributed by atoms with Crippen LogP contribution >= 0.6 is 0 Å². The SMILES string of the molecule is Cc1cccc(CCCCCCCCCCc2cccc(C)c2C)c1C. The summed E-state index contributed by atoms with van der Waals surface area (Å²) in [6, 6.07) is 13.5. The van der Waals surface area contributed by atoms with Crippen molar-refractivity contribution in [3.63, 3.8) is 0 Å². The van der Waals surface area contributed by atoms with Crippen LogP contribution in [0.3, 0.4) is 0 Å². The molecule has 2 aromatic carbocycles. The van der Waals surface area contributed by atoms with Crippen LogP contribution in [-0.2, 0) is 12.8 Å². The molecule has 0 heterocycles. The minimum Gasteiger partial charge on any atom is -0.0617 e. The van der Waals surface area contributed by atoms with E-state index >= 15 is 0 Å². The van der Waals surface area contributed by atoms with Crippen LogP contribution in [0.4, 0.5) is 0 Å². The third-order valence-corrected chi connectivity index (χ3v) is 6.08. The lowest BCUT2D eigenvalue weighted by atomic mass is 9.97. The van der Waals surface area contributed by atoms with E-state index in [0.717, 1.165) is 0 Å². The second kappa shape index (κ2) is 11.2. The molecular weight excluding hydrogens is 312 g/mol. The van der Waals surface area contributed by atoms with Crippen molar-refractivity contribution in [3.05, 3.63) is 69.8 Å². The molecule has 0 amide bonds. The molecule has 2 rings (SSSR count). The number of hydrogen-bond donors (Lipinski definition) is 0. The Morgan fingerprint density at radius 1 is 0.462 bits per heavy atom. The Bertz CT molecular complexity index is 606. The predicted octanol–water partition coefficient (Wildman–Crippen LogP) is 7.83. The second-order valence-corrected chi connectivity index (χ2v) is 8.05. The van der Waals surface area contributed by atoms with E-state index in [2.05, 4.69) is 64.1 Å². The monoisotopic (exact) mass is 350 g/mol. The molecule has 0 atom stereocenters. The van der Waals surface area contributed by atoms with Crippen LogP contribution in [0.1, 0.15) is 84.7 Å². The van der Waals surface area contributed by atoms with Crippen LogP contribution in [0.5, 0.6) is 0 Å². The zero-order valence-electron chi connectivity index (χ0n) is 17.5. The van der Waals surface area contributed by atoms with Crippen molar-refractivity contribution < 1.29 is 0 Å². The van der Waals surface area contributed by atoms with Crippen molar-refractivity contribution in [2.24, 2.45) is 0 Å². The first kappa shape index (κ1) is 20.7. The third-order valence-electron chi connectivity index (χ3n) is 6.08. The average molecular weight is 351 g/mol. The lowest BCUT2D eigenvalue weighted by molar-refractivity contribution is 0.567. The lowest BCUT2D eigenvalue weighted by Crippen LogP contribution is -1.93. The summed E-state index contributed by atoms with van der Waals surface area (Å²) in [4.78, 5) is 0. The van der Waals surface area contributed by atoms with Gasteiger partial charge >= 0.3 is 0 Å². The van der Waals surface area contributed by atoms with E-state index in [1.807, 2.05) is 0 Å². The fourth-order valence-corrected chi connectivity index (χ4v) is 3.86. The van der Waals surface area contributed by atoms with Crippen LogP contribution in [0, 0.1) is 27.7 Å². The number of benzene rings is 2. The first-order valence-electron chi connectivity index (χ1n) is 10.7. The molecule has 0 nitrogen and oxygen atoms in total. The number of unbranched alkanes of at least 4 members (excludes halogenated alkanes) is 7. The highest BCUT2D eigenvalue weighted by Gasteiger charge is 2.02. The van der Waals surface area contributed by atoms with E-state index in [4.69, 9.17) is 0 Å². The van der Waals surface area contributed by atoms with E-state index in [1.165, 1.54) is 86.5 Å². The van der Waals surface area contributed by atoms with Gasteiger partial charge in [0.05, 0.1) is 0 Å². The van der Waals surface area contributed by atoms with Crippen molar-refractivity contribution in [1.29, 1.82) is 0 Å². The molecule has 0 bridgehead atoms. The van der Waals surface area contributed by atoms with Gasteiger partial charge in [0.1, 0.15) is 0 Å². The van der Waals surface area contributed by atoms with Crippen LogP contribution in [0.25, 0.3) is 0 Å². The van der Waals surface area contributed by atoms with E-state index < -0.39 is 0 Å². The van der Waals surface area contributed by atoms with Gasteiger partial charge in [-0.2, -0.15) is 0 Å². The van der Waals surface area contributed by atoms with Gasteiger partial charge in [-0.1, -0.05) is 74.9 Å². The van der Waals surface area contributed by atoms with E-state index in [0.29, 0.717) is 0 Å². The largest absolute Gasteiger partial charge is 0.0617 e. The van der Waals surface area contributed by atoms with Gasteiger partial charge < -0.3 is 0 Å². The molecule has 0 aliphatic rings. The van der Waals surface area contributed by atoms with Crippen molar-refractivity contribution in [2.75, 3.05) is 0 Å². The van der Waals surface area contributed by atoms with E-state index in [-0.39, 0.29) is 0 Å². The van der Waals surface area contributed by atoms with Crippen LogP contribution in [-0.4, -0.2) is 0 Å². The van der Waals surface area contributed by atoms with Gasteiger partial charge in [-0.25, -0.2) is 0 Å². The summed E-state index contributed by atoms with van der Waals surface area (Å²) in [6.45, 7) is 8.98. The van der Waals surface area contributed by atoms with E-state index in [1.54, 1.807) is 11.1 Å². The Kier molecular flexibility index (Phi) is 8.95. The van der Waals surface area contributed by atoms with Gasteiger partial charge in [-0.15, -0.1) is 0 Å². The zero-order chi connectivity index (χ0) is 18.8. The Morgan fingerprint density at radius 3 is 1.19 bits per heavy atom. The first-order chi connectivity index (χ1) is 12.6. The van der Waals surface area contributed by atoms with Crippen LogP contribution in [0.15, 0.2) is 36.4 Å². The van der Waals surface area contributed by atoms with E-state index in [9.17, 15) is 0 Å². The third kappa shape index (κ3) is 6.63. The highest BCUT2D eigenvalue weighted by atomic mass is 14.1. The fraction of sp³-hybridized carbons (Fsp3) is 0.538. The van der Waals surface area contributed by atoms with Crippen LogP contribution in [0.2, 0.25) is 0 Å². The number of hydrogen-bond acceptors (Lipinski definition) is 0. The molecule has 142 valence electrons. The zero-order valence-corrected chi connectivity index (χ0v) is 17.5. The summed E-state index contributed by atoms with van der Waals surface area (Å²) >= 11 is 0. The Hall–Kier alpha value is -1.56. The molecule has 0 spiro atoms. The molecule has 0 fully saturated rings. The standard InChI is InChI=1S/C26H38/c1-21-15-13-19-25(23(21)3)17-11-9-7-5-6-8-10-12-18-26-20-14-16-22(2)24(26)4/h13-16,19-20H,5-12,17-18H2,1-4H3. The maximum absolute atomic E-state index is 2.30. The smallest absolute Gasteiger partial charge is 0.0276 e. The summed E-state index contributed by atoms with van der Waals surface area (Å²) in [6.07, 6.45) is 13.6. The highest BCUT2D eigenvalue weighted by Crippen LogP contribution is 2.18. The van der Waals surface area contributed by atoms with Crippen molar-refractivity contribution in [3.8, 4) is 0 Å². The first-order valence-corrected chi connectivity index (χ1v) is 10.7. The quantitative estimate of drug-likeness (QED) is 0.362. The molecule has 0 aliphatic carbocycles. The molecule has 0 aromatic heterocycles. The summed E-state index contributed by atoms with van der Waals surface area (Å²) in [5.74, 6) is 0. The molecular formula is C26H38. The van der Waals surface area contributed by atoms with Gasteiger partial charge in [0.2, 0.25) is 0 Å². The van der Waals surface area contributed by atoms with Crippen molar-refractivity contribution in [1.82, 2.24) is 0 Å². The van der Waals surface area contributed by atoms with Gasteiger partial charge in [-0.3, -0.25) is 0 Å². The van der Waals surface area contributed by atoms with Gasteiger partial charge in [-0.05, 0) is 86.8 Å².